The standard InChI is InChI=1S/C36H61N3S2/c1-3-5-7-9-11-13-15-17-19-21-23-33-34(31-24-27-40-29-31)35(32-25-28-41-30-32)36(38-33)39-37-26-22-20-18-16-14-12-10-8-6-4-2/h24-25,27-30,33-35,37H,3-23,26H2,1-2H3,(H,38,39). The molecule has 0 amide bonds. The molecule has 0 spiro atoms. The number of amidine groups is 1. The van der Waals surface area contributed by atoms with Crippen LogP contribution in [-0.2, 0) is 0 Å². The molecular weight excluding hydrogens is 539 g/mol. The summed E-state index contributed by atoms with van der Waals surface area (Å²) in [7, 11) is 0. The summed E-state index contributed by atoms with van der Waals surface area (Å²) in [4.78, 5) is 5.38. The number of hydrogen-bond donors (Lipinski definition) is 2. The van der Waals surface area contributed by atoms with Crippen molar-refractivity contribution in [2.24, 2.45) is 4.99 Å². The average Bonchev–Trinajstić information content (AvgIpc) is 3.76. The number of thiophene rings is 2. The summed E-state index contributed by atoms with van der Waals surface area (Å²) < 4.78 is 0. The summed E-state index contributed by atoms with van der Waals surface area (Å²) in [6.07, 6.45) is 28.8. The van der Waals surface area contributed by atoms with Crippen LogP contribution in [0.25, 0.3) is 0 Å². The van der Waals surface area contributed by atoms with Crippen LogP contribution < -0.4 is 10.9 Å². The van der Waals surface area contributed by atoms with Gasteiger partial charge in [-0.05, 0) is 57.6 Å². The Labute approximate surface area is 261 Å². The summed E-state index contributed by atoms with van der Waals surface area (Å²) in [6, 6.07) is 5.03. The van der Waals surface area contributed by atoms with Crippen molar-refractivity contribution in [3.8, 4) is 0 Å². The van der Waals surface area contributed by atoms with Crippen molar-refractivity contribution in [2.75, 3.05) is 6.54 Å². The van der Waals surface area contributed by atoms with E-state index in [1.807, 2.05) is 22.7 Å². The third kappa shape index (κ3) is 13.3. The molecule has 0 saturated heterocycles. The maximum absolute atomic E-state index is 5.38. The van der Waals surface area contributed by atoms with Crippen LogP contribution in [0.3, 0.4) is 0 Å². The summed E-state index contributed by atoms with van der Waals surface area (Å²) in [5, 5.41) is 9.18. The first-order chi connectivity index (χ1) is 20.3. The lowest BCUT2D eigenvalue weighted by Gasteiger charge is -2.24. The van der Waals surface area contributed by atoms with E-state index in [-0.39, 0.29) is 0 Å². The molecule has 0 aromatic carbocycles. The van der Waals surface area contributed by atoms with Crippen LogP contribution in [0.15, 0.2) is 38.6 Å². The second-order valence-corrected chi connectivity index (χ2v) is 14.0. The first kappa shape index (κ1) is 34.3. The first-order valence-electron chi connectivity index (χ1n) is 17.5. The molecule has 0 aliphatic carbocycles. The fourth-order valence-corrected chi connectivity index (χ4v) is 7.88. The lowest BCUT2D eigenvalue weighted by atomic mass is 9.79. The number of aliphatic imine (C=N–C) groups is 1. The number of hydrogen-bond acceptors (Lipinski definition) is 5. The van der Waals surface area contributed by atoms with E-state index in [0.29, 0.717) is 17.9 Å². The summed E-state index contributed by atoms with van der Waals surface area (Å²) in [5.41, 5.74) is 10.1. The van der Waals surface area contributed by atoms with Crippen LogP contribution in [0.5, 0.6) is 0 Å². The van der Waals surface area contributed by atoms with Gasteiger partial charge in [0.25, 0.3) is 0 Å². The van der Waals surface area contributed by atoms with E-state index < -0.39 is 0 Å². The Morgan fingerprint density at radius 2 is 1.10 bits per heavy atom. The second kappa shape index (κ2) is 22.4. The number of rotatable bonds is 25. The number of hydrazine groups is 1. The third-order valence-electron chi connectivity index (χ3n) is 8.93. The third-order valence-corrected chi connectivity index (χ3v) is 10.3. The molecular formula is C36H61N3S2. The second-order valence-electron chi connectivity index (χ2n) is 12.4. The SMILES string of the molecule is CCCCCCCCCCCCNNC1=NC(CCCCCCCCCCCC)C(c2ccsc2)C1c1ccsc1. The molecule has 0 fully saturated rings. The van der Waals surface area contributed by atoms with Gasteiger partial charge in [-0.2, -0.15) is 22.7 Å². The van der Waals surface area contributed by atoms with E-state index in [0.717, 1.165) is 12.4 Å². The van der Waals surface area contributed by atoms with Gasteiger partial charge < -0.3 is 5.43 Å². The zero-order valence-electron chi connectivity index (χ0n) is 26.5. The van der Waals surface area contributed by atoms with Gasteiger partial charge in [0.2, 0.25) is 0 Å². The normalized spacial score (nSPS) is 18.7. The molecule has 2 aromatic heterocycles. The minimum Gasteiger partial charge on any atom is -0.309 e. The van der Waals surface area contributed by atoms with Crippen LogP contribution in [0, 0.1) is 0 Å². The lowest BCUT2D eigenvalue weighted by Crippen LogP contribution is -2.40. The van der Waals surface area contributed by atoms with Gasteiger partial charge in [0.05, 0.1) is 12.0 Å². The van der Waals surface area contributed by atoms with Gasteiger partial charge in [0, 0.05) is 12.5 Å². The molecule has 5 heteroatoms. The maximum atomic E-state index is 5.38. The summed E-state index contributed by atoms with van der Waals surface area (Å²) in [5.74, 6) is 1.92. The van der Waals surface area contributed by atoms with Crippen LogP contribution in [-0.4, -0.2) is 18.4 Å². The Hall–Kier alpha value is -1.17. The fourth-order valence-electron chi connectivity index (χ4n) is 6.48. The Morgan fingerprint density at radius 3 is 1.61 bits per heavy atom. The molecule has 2 aromatic rings. The van der Waals surface area contributed by atoms with Crippen LogP contribution in [0.1, 0.15) is 172 Å². The highest BCUT2D eigenvalue weighted by molar-refractivity contribution is 7.08. The predicted octanol–water partition coefficient (Wildman–Crippen LogP) is 11.8. The highest BCUT2D eigenvalue weighted by Crippen LogP contribution is 2.45. The minimum absolute atomic E-state index is 0.323. The minimum atomic E-state index is 0.323. The Bertz CT molecular complexity index is 877. The quantitative estimate of drug-likeness (QED) is 0.0879. The van der Waals surface area contributed by atoms with Gasteiger partial charge in [0.15, 0.2) is 0 Å². The maximum Gasteiger partial charge on any atom is 0.119 e. The molecule has 232 valence electrons. The Kier molecular flexibility index (Phi) is 18.7. The van der Waals surface area contributed by atoms with Crippen LogP contribution >= 0.6 is 22.7 Å². The molecule has 3 nitrogen and oxygen atoms in total. The fraction of sp³-hybridized carbons (Fsp3) is 0.750. The van der Waals surface area contributed by atoms with Crippen molar-refractivity contribution in [3.05, 3.63) is 44.8 Å². The van der Waals surface area contributed by atoms with E-state index in [4.69, 9.17) is 4.99 Å². The van der Waals surface area contributed by atoms with Crippen molar-refractivity contribution in [3.63, 3.8) is 0 Å². The average molecular weight is 600 g/mol. The molecule has 3 heterocycles. The molecule has 2 N–H and O–H groups in total. The van der Waals surface area contributed by atoms with E-state index in [9.17, 15) is 0 Å². The molecule has 1 aliphatic heterocycles. The highest BCUT2D eigenvalue weighted by atomic mass is 32.1. The molecule has 3 unspecified atom stereocenters. The number of nitrogens with one attached hydrogen (secondary N) is 2. The van der Waals surface area contributed by atoms with Crippen LogP contribution in [0.4, 0.5) is 0 Å². The molecule has 1 aliphatic rings. The topological polar surface area (TPSA) is 36.4 Å². The van der Waals surface area contributed by atoms with E-state index in [1.54, 1.807) is 0 Å². The van der Waals surface area contributed by atoms with Crippen molar-refractivity contribution in [1.29, 1.82) is 0 Å². The van der Waals surface area contributed by atoms with E-state index >= 15 is 0 Å². The van der Waals surface area contributed by atoms with Crippen LogP contribution in [0.2, 0.25) is 0 Å². The number of unbranched alkanes of at least 4 members (excludes halogenated alkanes) is 18. The zero-order valence-corrected chi connectivity index (χ0v) is 28.1. The van der Waals surface area contributed by atoms with Gasteiger partial charge in [-0.15, -0.1) is 0 Å². The highest BCUT2D eigenvalue weighted by Gasteiger charge is 2.41. The molecule has 0 bridgehead atoms. The van der Waals surface area contributed by atoms with Crippen molar-refractivity contribution < 1.29 is 0 Å². The van der Waals surface area contributed by atoms with Gasteiger partial charge >= 0.3 is 0 Å². The smallest absolute Gasteiger partial charge is 0.119 e. The predicted molar refractivity (Wildman–Crippen MR) is 185 cm³/mol. The van der Waals surface area contributed by atoms with E-state index in [2.05, 4.69) is 58.4 Å². The van der Waals surface area contributed by atoms with E-state index in [1.165, 1.54) is 146 Å². The zero-order chi connectivity index (χ0) is 28.8. The van der Waals surface area contributed by atoms with Crippen molar-refractivity contribution >= 4 is 28.5 Å². The molecule has 3 rings (SSSR count). The lowest BCUT2D eigenvalue weighted by molar-refractivity contribution is 0.477. The van der Waals surface area contributed by atoms with Crippen molar-refractivity contribution in [2.45, 2.75) is 167 Å². The first-order valence-corrected chi connectivity index (χ1v) is 19.3. The monoisotopic (exact) mass is 599 g/mol. The molecule has 0 saturated carbocycles. The Balaban J connectivity index is 1.42. The van der Waals surface area contributed by atoms with Crippen molar-refractivity contribution in [1.82, 2.24) is 10.9 Å². The Morgan fingerprint density at radius 1 is 0.610 bits per heavy atom. The largest absolute Gasteiger partial charge is 0.309 e. The van der Waals surface area contributed by atoms with Gasteiger partial charge in [-0.3, -0.25) is 4.99 Å². The molecule has 3 atom stereocenters. The summed E-state index contributed by atoms with van der Waals surface area (Å²) >= 11 is 3.64. The summed E-state index contributed by atoms with van der Waals surface area (Å²) in [6.45, 7) is 5.61. The van der Waals surface area contributed by atoms with Gasteiger partial charge in [0.1, 0.15) is 5.84 Å². The van der Waals surface area contributed by atoms with Gasteiger partial charge in [-0.1, -0.05) is 136 Å². The number of nitrogens with zero attached hydrogens (tertiary/aromatic N) is 1. The van der Waals surface area contributed by atoms with Gasteiger partial charge in [-0.25, -0.2) is 5.43 Å². The molecule has 41 heavy (non-hydrogen) atoms. The molecule has 0 radical (unpaired) electrons.